The minimum Gasteiger partial charge on any atom is -0.364 e. The van der Waals surface area contributed by atoms with Gasteiger partial charge in [-0.25, -0.2) is 4.98 Å². The van der Waals surface area contributed by atoms with Gasteiger partial charge in [-0.2, -0.15) is 0 Å². The molecule has 0 saturated heterocycles. The van der Waals surface area contributed by atoms with Crippen molar-refractivity contribution in [1.82, 2.24) is 20.3 Å². The van der Waals surface area contributed by atoms with Crippen LogP contribution in [0.25, 0.3) is 0 Å². The molecule has 0 aliphatic carbocycles. The third-order valence-electron chi connectivity index (χ3n) is 2.86. The van der Waals surface area contributed by atoms with Crippen molar-refractivity contribution in [2.24, 2.45) is 0 Å². The van der Waals surface area contributed by atoms with Gasteiger partial charge in [0, 0.05) is 30.4 Å². The largest absolute Gasteiger partial charge is 0.364 e. The van der Waals surface area contributed by atoms with Crippen LogP contribution in [0.3, 0.4) is 0 Å². The first kappa shape index (κ1) is 13.1. The third kappa shape index (κ3) is 2.90. The fourth-order valence-electron chi connectivity index (χ4n) is 1.82. The second-order valence-electron chi connectivity index (χ2n) is 4.30. The number of carbonyl (C=O) groups excluding carboxylic acids is 1. The second kappa shape index (κ2) is 5.51. The van der Waals surface area contributed by atoms with Crippen LogP contribution in [0.2, 0.25) is 0 Å². The van der Waals surface area contributed by atoms with E-state index in [1.165, 1.54) is 12.3 Å². The molecular weight excluding hydrogens is 244 g/mol. The summed E-state index contributed by atoms with van der Waals surface area (Å²) >= 11 is 0. The summed E-state index contributed by atoms with van der Waals surface area (Å²) < 4.78 is 0. The Balaban J connectivity index is 2.18. The maximum Gasteiger partial charge on any atom is 0.257 e. The van der Waals surface area contributed by atoms with Crippen molar-refractivity contribution in [2.45, 2.75) is 26.3 Å². The number of aryl methyl sites for hydroxylation is 1. The van der Waals surface area contributed by atoms with Gasteiger partial charge in [0.25, 0.3) is 5.91 Å². The number of hydrogen-bond donors (Lipinski definition) is 3. The molecule has 2 rings (SSSR count). The molecule has 0 aliphatic heterocycles. The first-order valence-corrected chi connectivity index (χ1v) is 6.11. The van der Waals surface area contributed by atoms with Gasteiger partial charge in [-0.15, -0.1) is 0 Å². The highest BCUT2D eigenvalue weighted by Gasteiger charge is 2.17. The van der Waals surface area contributed by atoms with Crippen molar-refractivity contribution in [3.63, 3.8) is 0 Å². The van der Waals surface area contributed by atoms with Gasteiger partial charge in [0.15, 0.2) is 5.43 Å². The standard InChI is InChI=1S/C13H16N4O2/c1-3-10(12-14-4-5-15-12)17-13(19)9-7-16-8(2)6-11(9)18/h4-7,10H,3H2,1-2H3,(H,14,15)(H,16,18)(H,17,19). The predicted molar refractivity (Wildman–Crippen MR) is 70.9 cm³/mol. The highest BCUT2D eigenvalue weighted by Crippen LogP contribution is 2.11. The number of carbonyl (C=O) groups is 1. The molecule has 0 aromatic carbocycles. The molecule has 0 aliphatic rings. The van der Waals surface area contributed by atoms with Gasteiger partial charge in [0.2, 0.25) is 0 Å². The summed E-state index contributed by atoms with van der Waals surface area (Å²) in [6, 6.07) is 1.17. The minimum absolute atomic E-state index is 0.107. The molecule has 6 heteroatoms. The van der Waals surface area contributed by atoms with E-state index in [0.29, 0.717) is 12.2 Å². The Morgan fingerprint density at radius 2 is 2.26 bits per heavy atom. The van der Waals surface area contributed by atoms with Gasteiger partial charge < -0.3 is 15.3 Å². The molecule has 0 fully saturated rings. The molecule has 0 saturated carbocycles. The Hall–Kier alpha value is -2.37. The van der Waals surface area contributed by atoms with Gasteiger partial charge in [-0.3, -0.25) is 9.59 Å². The molecule has 1 amide bonds. The quantitative estimate of drug-likeness (QED) is 0.773. The van der Waals surface area contributed by atoms with E-state index in [-0.39, 0.29) is 17.0 Å². The summed E-state index contributed by atoms with van der Waals surface area (Å²) in [5.74, 6) is 0.281. The molecule has 0 bridgehead atoms. The zero-order chi connectivity index (χ0) is 13.8. The number of pyridine rings is 1. The normalized spacial score (nSPS) is 12.1. The summed E-state index contributed by atoms with van der Waals surface area (Å²) in [5.41, 5.74) is 0.540. The Morgan fingerprint density at radius 1 is 1.47 bits per heavy atom. The molecule has 100 valence electrons. The molecule has 3 N–H and O–H groups in total. The number of H-pyrrole nitrogens is 2. The van der Waals surface area contributed by atoms with Gasteiger partial charge in [0.05, 0.1) is 6.04 Å². The number of rotatable bonds is 4. The fraction of sp³-hybridized carbons (Fsp3) is 0.308. The summed E-state index contributed by atoms with van der Waals surface area (Å²) in [4.78, 5) is 33.7. The Kier molecular flexibility index (Phi) is 3.79. The first-order chi connectivity index (χ1) is 9.11. The van der Waals surface area contributed by atoms with Gasteiger partial charge in [0.1, 0.15) is 11.4 Å². The fourth-order valence-corrected chi connectivity index (χ4v) is 1.82. The second-order valence-corrected chi connectivity index (χ2v) is 4.30. The summed E-state index contributed by atoms with van der Waals surface area (Å²) in [5, 5.41) is 2.79. The third-order valence-corrected chi connectivity index (χ3v) is 2.86. The minimum atomic E-state index is -0.399. The summed E-state index contributed by atoms with van der Waals surface area (Å²) in [6.45, 7) is 3.70. The Morgan fingerprint density at radius 3 is 2.84 bits per heavy atom. The number of nitrogens with zero attached hydrogens (tertiary/aromatic N) is 1. The molecule has 1 atom stereocenters. The molecule has 6 nitrogen and oxygen atoms in total. The van der Waals surface area contributed by atoms with Gasteiger partial charge in [-0.05, 0) is 13.3 Å². The smallest absolute Gasteiger partial charge is 0.257 e. The SMILES string of the molecule is CCC(NC(=O)c1c[nH]c(C)cc1=O)c1ncc[nH]1. The van der Waals surface area contributed by atoms with Crippen LogP contribution >= 0.6 is 0 Å². The van der Waals surface area contributed by atoms with Crippen LogP contribution in [0.5, 0.6) is 0 Å². The van der Waals surface area contributed by atoms with E-state index in [4.69, 9.17) is 0 Å². The molecular formula is C13H16N4O2. The van der Waals surface area contributed by atoms with E-state index in [0.717, 1.165) is 5.69 Å². The predicted octanol–water partition coefficient (Wildman–Crippen LogP) is 1.29. The van der Waals surface area contributed by atoms with Crippen molar-refractivity contribution in [3.8, 4) is 0 Å². The lowest BCUT2D eigenvalue weighted by molar-refractivity contribution is 0.0932. The van der Waals surface area contributed by atoms with E-state index in [1.54, 1.807) is 19.3 Å². The Labute approximate surface area is 110 Å². The molecule has 2 aromatic heterocycles. The van der Waals surface area contributed by atoms with Crippen LogP contribution < -0.4 is 10.7 Å². The van der Waals surface area contributed by atoms with Crippen molar-refractivity contribution >= 4 is 5.91 Å². The number of imidazole rings is 1. The summed E-state index contributed by atoms with van der Waals surface area (Å²) in [6.07, 6.45) is 5.44. The monoisotopic (exact) mass is 260 g/mol. The molecule has 2 heterocycles. The van der Waals surface area contributed by atoms with E-state index in [9.17, 15) is 9.59 Å². The van der Waals surface area contributed by atoms with E-state index in [2.05, 4.69) is 20.3 Å². The zero-order valence-corrected chi connectivity index (χ0v) is 10.9. The lowest BCUT2D eigenvalue weighted by Crippen LogP contribution is -2.32. The molecule has 2 aromatic rings. The van der Waals surface area contributed by atoms with Crippen LogP contribution in [0.1, 0.15) is 41.3 Å². The average molecular weight is 260 g/mol. The van der Waals surface area contributed by atoms with E-state index in [1.807, 2.05) is 6.92 Å². The van der Waals surface area contributed by atoms with Crippen LogP contribution in [-0.2, 0) is 0 Å². The average Bonchev–Trinajstić information content (AvgIpc) is 2.89. The van der Waals surface area contributed by atoms with Crippen molar-refractivity contribution < 1.29 is 4.79 Å². The molecule has 0 radical (unpaired) electrons. The Bertz CT molecular complexity index is 616. The highest BCUT2D eigenvalue weighted by molar-refractivity contribution is 5.94. The summed E-state index contributed by atoms with van der Waals surface area (Å²) in [7, 11) is 0. The van der Waals surface area contributed by atoms with Crippen LogP contribution in [0.15, 0.2) is 29.5 Å². The maximum atomic E-state index is 12.1. The zero-order valence-electron chi connectivity index (χ0n) is 10.9. The van der Waals surface area contributed by atoms with Crippen LogP contribution in [0.4, 0.5) is 0 Å². The van der Waals surface area contributed by atoms with Crippen LogP contribution in [0, 0.1) is 6.92 Å². The van der Waals surface area contributed by atoms with E-state index >= 15 is 0 Å². The number of nitrogens with one attached hydrogen (secondary N) is 3. The number of amides is 1. The van der Waals surface area contributed by atoms with Crippen LogP contribution in [-0.4, -0.2) is 20.9 Å². The van der Waals surface area contributed by atoms with Gasteiger partial charge >= 0.3 is 0 Å². The van der Waals surface area contributed by atoms with Crippen molar-refractivity contribution in [3.05, 3.63) is 52.0 Å². The first-order valence-electron chi connectivity index (χ1n) is 6.11. The van der Waals surface area contributed by atoms with Crippen molar-refractivity contribution in [1.29, 1.82) is 0 Å². The van der Waals surface area contributed by atoms with Gasteiger partial charge in [-0.1, -0.05) is 6.92 Å². The molecule has 0 spiro atoms. The van der Waals surface area contributed by atoms with E-state index < -0.39 is 5.91 Å². The molecule has 1 unspecified atom stereocenters. The molecule has 19 heavy (non-hydrogen) atoms. The lowest BCUT2D eigenvalue weighted by atomic mass is 10.1. The maximum absolute atomic E-state index is 12.1. The number of aromatic nitrogens is 3. The topological polar surface area (TPSA) is 90.6 Å². The number of aromatic amines is 2. The highest BCUT2D eigenvalue weighted by atomic mass is 16.2. The lowest BCUT2D eigenvalue weighted by Gasteiger charge is -2.14. The number of hydrogen-bond acceptors (Lipinski definition) is 3. The van der Waals surface area contributed by atoms with Crippen molar-refractivity contribution in [2.75, 3.05) is 0 Å².